The van der Waals surface area contributed by atoms with Crippen LogP contribution in [0.25, 0.3) is 11.2 Å². The van der Waals surface area contributed by atoms with E-state index in [2.05, 4.69) is 10.3 Å². The van der Waals surface area contributed by atoms with Gasteiger partial charge in [0, 0.05) is 19.3 Å². The maximum atomic E-state index is 12.4. The number of pyridine rings is 1. The summed E-state index contributed by atoms with van der Waals surface area (Å²) in [6.45, 7) is 1.62. The van der Waals surface area contributed by atoms with Gasteiger partial charge in [-0.3, -0.25) is 14.2 Å². The number of nitriles is 1. The highest BCUT2D eigenvalue weighted by Crippen LogP contribution is 2.20. The maximum absolute atomic E-state index is 12.4. The van der Waals surface area contributed by atoms with E-state index < -0.39 is 11.1 Å². The molecule has 0 aliphatic carbocycles. The number of hydrogen-bond acceptors (Lipinski definition) is 5. The minimum Gasteiger partial charge on any atom is -0.317 e. The molecule has 0 atom stereocenters. The molecule has 2 aromatic rings. The van der Waals surface area contributed by atoms with Crippen molar-refractivity contribution in [3.05, 3.63) is 38.5 Å². The second-order valence-corrected chi connectivity index (χ2v) is 5.20. The zero-order chi connectivity index (χ0) is 15.0. The molecule has 0 amide bonds. The molecular formula is C14H17Cl2N5O2. The lowest BCUT2D eigenvalue weighted by Gasteiger charge is -2.25. The standard InChI is InChI=1S/C14H15N5O2.2ClH/c1-18-11-6-9(7-15)8-17-12(11)19(14(21)13(18)20)10-2-4-16-5-3-10;;/h6,8,10,16H,2-5H2,1H3;2*1H. The molecule has 1 N–H and O–H groups in total. The first-order valence-electron chi connectivity index (χ1n) is 6.85. The molecule has 7 nitrogen and oxygen atoms in total. The summed E-state index contributed by atoms with van der Waals surface area (Å²) in [4.78, 5) is 28.8. The van der Waals surface area contributed by atoms with Gasteiger partial charge >= 0.3 is 11.1 Å². The largest absolute Gasteiger partial charge is 0.318 e. The number of halogens is 2. The fraction of sp³-hybridized carbons (Fsp3) is 0.429. The highest BCUT2D eigenvalue weighted by molar-refractivity contribution is 5.85. The molecule has 3 rings (SSSR count). The number of piperidine rings is 1. The number of aromatic nitrogens is 3. The molecule has 0 bridgehead atoms. The molecule has 0 radical (unpaired) electrons. The lowest BCUT2D eigenvalue weighted by atomic mass is 10.1. The maximum Gasteiger partial charge on any atom is 0.318 e. The number of nitrogens with one attached hydrogen (secondary N) is 1. The van der Waals surface area contributed by atoms with Crippen molar-refractivity contribution in [1.82, 2.24) is 19.4 Å². The fourth-order valence-electron chi connectivity index (χ4n) is 2.80. The number of nitrogens with zero attached hydrogens (tertiary/aromatic N) is 4. The van der Waals surface area contributed by atoms with Crippen LogP contribution in [0.3, 0.4) is 0 Å². The Labute approximate surface area is 144 Å². The monoisotopic (exact) mass is 357 g/mol. The van der Waals surface area contributed by atoms with Crippen LogP contribution < -0.4 is 16.4 Å². The van der Waals surface area contributed by atoms with Crippen molar-refractivity contribution in [3.8, 4) is 6.07 Å². The SMILES string of the molecule is Cl.Cl.Cn1c(=O)c(=O)n(C2CCNCC2)c2ncc(C#N)cc21. The summed E-state index contributed by atoms with van der Waals surface area (Å²) in [5.74, 6) is 0. The molecule has 0 aromatic carbocycles. The Morgan fingerprint density at radius 3 is 2.52 bits per heavy atom. The van der Waals surface area contributed by atoms with Crippen molar-refractivity contribution < 1.29 is 0 Å². The molecule has 1 aliphatic rings. The molecule has 0 spiro atoms. The third-order valence-electron chi connectivity index (χ3n) is 3.95. The van der Waals surface area contributed by atoms with E-state index in [0.29, 0.717) is 16.7 Å². The summed E-state index contributed by atoms with van der Waals surface area (Å²) in [6.07, 6.45) is 3.00. The lowest BCUT2D eigenvalue weighted by Crippen LogP contribution is -2.44. The summed E-state index contributed by atoms with van der Waals surface area (Å²) in [6, 6.07) is 3.57. The Bertz CT molecular complexity index is 862. The fourth-order valence-corrected chi connectivity index (χ4v) is 2.80. The first-order chi connectivity index (χ1) is 10.1. The van der Waals surface area contributed by atoms with Crippen LogP contribution in [0, 0.1) is 11.3 Å². The van der Waals surface area contributed by atoms with Gasteiger partial charge in [0.2, 0.25) is 0 Å². The summed E-state index contributed by atoms with van der Waals surface area (Å²) >= 11 is 0. The summed E-state index contributed by atoms with van der Waals surface area (Å²) in [5, 5.41) is 12.2. The smallest absolute Gasteiger partial charge is 0.317 e. The zero-order valence-corrected chi connectivity index (χ0v) is 14.1. The topological polar surface area (TPSA) is 92.7 Å². The van der Waals surface area contributed by atoms with E-state index >= 15 is 0 Å². The Hall–Kier alpha value is -1.88. The summed E-state index contributed by atoms with van der Waals surface area (Å²) in [7, 11) is 1.53. The predicted molar refractivity (Wildman–Crippen MR) is 91.6 cm³/mol. The third-order valence-corrected chi connectivity index (χ3v) is 3.95. The Kier molecular flexibility index (Phi) is 6.33. The third kappa shape index (κ3) is 3.24. The Balaban J connectivity index is 0.00000132. The molecule has 1 fully saturated rings. The lowest BCUT2D eigenvalue weighted by molar-refractivity contribution is 0.365. The van der Waals surface area contributed by atoms with E-state index in [4.69, 9.17) is 5.26 Å². The van der Waals surface area contributed by atoms with Gasteiger partial charge in [0.25, 0.3) is 0 Å². The van der Waals surface area contributed by atoms with Crippen LogP contribution >= 0.6 is 24.8 Å². The van der Waals surface area contributed by atoms with Gasteiger partial charge in [0.1, 0.15) is 6.07 Å². The molecule has 23 heavy (non-hydrogen) atoms. The van der Waals surface area contributed by atoms with Gasteiger partial charge in [-0.15, -0.1) is 24.8 Å². The van der Waals surface area contributed by atoms with E-state index in [1.54, 1.807) is 6.07 Å². The molecule has 3 heterocycles. The van der Waals surface area contributed by atoms with Gasteiger partial charge in [-0.1, -0.05) is 0 Å². The van der Waals surface area contributed by atoms with Crippen molar-refractivity contribution in [1.29, 1.82) is 5.26 Å². The number of hydrogen-bond donors (Lipinski definition) is 1. The molecule has 9 heteroatoms. The van der Waals surface area contributed by atoms with Crippen LogP contribution in [-0.4, -0.2) is 27.2 Å². The van der Waals surface area contributed by atoms with E-state index in [9.17, 15) is 9.59 Å². The van der Waals surface area contributed by atoms with Gasteiger partial charge in [0.15, 0.2) is 5.65 Å². The van der Waals surface area contributed by atoms with Crippen molar-refractivity contribution >= 4 is 36.0 Å². The first-order valence-corrected chi connectivity index (χ1v) is 6.85. The highest BCUT2D eigenvalue weighted by Gasteiger charge is 2.21. The predicted octanol–water partition coefficient (Wildman–Crippen LogP) is 0.735. The van der Waals surface area contributed by atoms with Crippen molar-refractivity contribution in [2.24, 2.45) is 7.05 Å². The van der Waals surface area contributed by atoms with E-state index in [0.717, 1.165) is 25.9 Å². The average molecular weight is 358 g/mol. The summed E-state index contributed by atoms with van der Waals surface area (Å²) < 4.78 is 2.77. The number of aryl methyl sites for hydroxylation is 1. The Morgan fingerprint density at radius 1 is 1.26 bits per heavy atom. The first kappa shape index (κ1) is 19.2. The van der Waals surface area contributed by atoms with Gasteiger partial charge < -0.3 is 9.88 Å². The van der Waals surface area contributed by atoms with Gasteiger partial charge in [-0.2, -0.15) is 5.26 Å². The minimum absolute atomic E-state index is 0. The van der Waals surface area contributed by atoms with Crippen molar-refractivity contribution in [3.63, 3.8) is 0 Å². The van der Waals surface area contributed by atoms with E-state index in [1.807, 2.05) is 6.07 Å². The Morgan fingerprint density at radius 2 is 1.91 bits per heavy atom. The van der Waals surface area contributed by atoms with Crippen LogP contribution in [0.1, 0.15) is 24.4 Å². The highest BCUT2D eigenvalue weighted by atomic mass is 35.5. The molecule has 0 unspecified atom stereocenters. The van der Waals surface area contributed by atoms with E-state index in [1.165, 1.54) is 22.4 Å². The van der Waals surface area contributed by atoms with E-state index in [-0.39, 0.29) is 30.9 Å². The molecule has 0 saturated carbocycles. The van der Waals surface area contributed by atoms with Crippen molar-refractivity contribution in [2.75, 3.05) is 13.1 Å². The van der Waals surface area contributed by atoms with Gasteiger partial charge in [0.05, 0.1) is 11.1 Å². The molecule has 1 saturated heterocycles. The number of fused-ring (bicyclic) bond motifs is 1. The molecular weight excluding hydrogens is 341 g/mol. The number of rotatable bonds is 1. The van der Waals surface area contributed by atoms with Gasteiger partial charge in [-0.25, -0.2) is 4.98 Å². The van der Waals surface area contributed by atoms with Crippen LogP contribution in [0.4, 0.5) is 0 Å². The second-order valence-electron chi connectivity index (χ2n) is 5.20. The normalized spacial score (nSPS) is 14.6. The average Bonchev–Trinajstić information content (AvgIpc) is 2.54. The quantitative estimate of drug-likeness (QED) is 0.759. The van der Waals surface area contributed by atoms with Crippen LogP contribution in [0.5, 0.6) is 0 Å². The molecule has 2 aromatic heterocycles. The molecule has 124 valence electrons. The minimum atomic E-state index is -0.585. The van der Waals surface area contributed by atoms with Gasteiger partial charge in [-0.05, 0) is 32.0 Å². The molecule has 1 aliphatic heterocycles. The van der Waals surface area contributed by atoms with Crippen LogP contribution in [-0.2, 0) is 7.05 Å². The zero-order valence-electron chi connectivity index (χ0n) is 12.5. The van der Waals surface area contributed by atoms with Crippen molar-refractivity contribution in [2.45, 2.75) is 18.9 Å². The summed E-state index contributed by atoms with van der Waals surface area (Å²) in [5.41, 5.74) is 0.213. The van der Waals surface area contributed by atoms with Crippen LogP contribution in [0.2, 0.25) is 0 Å². The second kappa shape index (κ2) is 7.59. The van der Waals surface area contributed by atoms with Crippen LogP contribution in [0.15, 0.2) is 21.9 Å².